The fourth-order valence-electron chi connectivity index (χ4n) is 2.33. The predicted molar refractivity (Wildman–Crippen MR) is 76.4 cm³/mol. The Morgan fingerprint density at radius 3 is 2.37 bits per heavy atom. The van der Waals surface area contributed by atoms with Gasteiger partial charge in [0, 0.05) is 17.7 Å². The molecular formula is C17H21FN+. The topological polar surface area (TPSA) is 3.88 Å². The maximum absolute atomic E-state index is 14.1. The Morgan fingerprint density at radius 1 is 1.11 bits per heavy atom. The van der Waals surface area contributed by atoms with Gasteiger partial charge in [0.25, 0.3) is 0 Å². The van der Waals surface area contributed by atoms with Crippen molar-refractivity contribution in [3.8, 4) is 11.3 Å². The number of hydrogen-bond acceptors (Lipinski definition) is 0. The van der Waals surface area contributed by atoms with Gasteiger partial charge < -0.3 is 0 Å². The molecule has 0 N–H and O–H groups in total. The Morgan fingerprint density at radius 2 is 1.79 bits per heavy atom. The van der Waals surface area contributed by atoms with Crippen molar-refractivity contribution in [1.29, 1.82) is 0 Å². The normalized spacial score (nSPS) is 11.7. The number of halogens is 1. The van der Waals surface area contributed by atoms with Crippen LogP contribution in [0.1, 0.15) is 31.9 Å². The van der Waals surface area contributed by atoms with Gasteiger partial charge in [0.15, 0.2) is 6.20 Å². The molecule has 0 unspecified atom stereocenters. The molecule has 0 fully saturated rings. The number of benzene rings is 1. The van der Waals surface area contributed by atoms with Crippen molar-refractivity contribution in [3.63, 3.8) is 0 Å². The van der Waals surface area contributed by atoms with E-state index in [1.54, 1.807) is 6.07 Å². The first-order chi connectivity index (χ1) is 8.80. The average molecular weight is 258 g/mol. The third-order valence-corrected chi connectivity index (χ3v) is 3.45. The highest BCUT2D eigenvalue weighted by atomic mass is 19.1. The van der Waals surface area contributed by atoms with Gasteiger partial charge in [-0.2, -0.15) is 0 Å². The van der Waals surface area contributed by atoms with Crippen LogP contribution >= 0.6 is 0 Å². The van der Waals surface area contributed by atoms with E-state index < -0.39 is 0 Å². The standard InChI is InChI=1S/C17H21FN/c1-12-10-15(18)14(17(2,3)4)11-13(12)16-8-6-7-9-19(16)5/h6-11H,1-5H3/q+1. The summed E-state index contributed by atoms with van der Waals surface area (Å²) in [5, 5.41) is 0. The van der Waals surface area contributed by atoms with Crippen LogP contribution in [0.2, 0.25) is 0 Å². The van der Waals surface area contributed by atoms with Gasteiger partial charge in [0.2, 0.25) is 5.69 Å². The Hall–Kier alpha value is -1.70. The fraction of sp³-hybridized carbons (Fsp3) is 0.353. The second-order valence-corrected chi connectivity index (χ2v) is 6.09. The highest BCUT2D eigenvalue weighted by molar-refractivity contribution is 5.62. The van der Waals surface area contributed by atoms with Crippen molar-refractivity contribution in [2.45, 2.75) is 33.1 Å². The lowest BCUT2D eigenvalue weighted by molar-refractivity contribution is -0.660. The smallest absolute Gasteiger partial charge is 0.207 e. The molecule has 2 heteroatoms. The Balaban J connectivity index is 2.69. The zero-order chi connectivity index (χ0) is 14.2. The van der Waals surface area contributed by atoms with Gasteiger partial charge in [-0.1, -0.05) is 20.8 Å². The minimum Gasteiger partial charge on any atom is -0.207 e. The molecule has 2 rings (SSSR count). The van der Waals surface area contributed by atoms with Crippen LogP contribution in [0.5, 0.6) is 0 Å². The maximum atomic E-state index is 14.1. The second-order valence-electron chi connectivity index (χ2n) is 6.09. The number of hydrogen-bond donors (Lipinski definition) is 0. The first kappa shape index (κ1) is 13.7. The van der Waals surface area contributed by atoms with Gasteiger partial charge in [-0.15, -0.1) is 0 Å². The molecule has 0 spiro atoms. The summed E-state index contributed by atoms with van der Waals surface area (Å²) in [5.41, 5.74) is 3.73. The summed E-state index contributed by atoms with van der Waals surface area (Å²) in [5.74, 6) is -0.118. The second kappa shape index (κ2) is 4.76. The quantitative estimate of drug-likeness (QED) is 0.682. The monoisotopic (exact) mass is 258 g/mol. The molecule has 0 atom stereocenters. The summed E-state index contributed by atoms with van der Waals surface area (Å²) in [4.78, 5) is 0. The molecule has 1 heterocycles. The SMILES string of the molecule is Cc1cc(F)c(C(C)(C)C)cc1-c1cccc[n+]1C. The largest absolute Gasteiger partial charge is 0.212 e. The van der Waals surface area contributed by atoms with Crippen molar-refractivity contribution in [2.75, 3.05) is 0 Å². The summed E-state index contributed by atoms with van der Waals surface area (Å²) in [7, 11) is 2.01. The van der Waals surface area contributed by atoms with Gasteiger partial charge in [-0.05, 0) is 41.7 Å². The third-order valence-electron chi connectivity index (χ3n) is 3.45. The van der Waals surface area contributed by atoms with E-state index in [-0.39, 0.29) is 11.2 Å². The maximum Gasteiger partial charge on any atom is 0.212 e. The first-order valence-corrected chi connectivity index (χ1v) is 6.56. The van der Waals surface area contributed by atoms with Crippen molar-refractivity contribution in [1.82, 2.24) is 0 Å². The van der Waals surface area contributed by atoms with Crippen LogP contribution in [0.25, 0.3) is 11.3 Å². The Kier molecular flexibility index (Phi) is 3.44. The molecule has 0 saturated heterocycles. The molecule has 19 heavy (non-hydrogen) atoms. The molecule has 0 saturated carbocycles. The van der Waals surface area contributed by atoms with Crippen molar-refractivity contribution < 1.29 is 8.96 Å². The van der Waals surface area contributed by atoms with Gasteiger partial charge in [0.05, 0.1) is 0 Å². The average Bonchev–Trinajstić information content (AvgIpc) is 2.29. The molecule has 1 aromatic carbocycles. The summed E-state index contributed by atoms with van der Waals surface area (Å²) in [6.45, 7) is 8.07. The number of nitrogens with zero attached hydrogens (tertiary/aromatic N) is 1. The summed E-state index contributed by atoms with van der Waals surface area (Å²) >= 11 is 0. The highest BCUT2D eigenvalue weighted by Crippen LogP contribution is 2.31. The highest BCUT2D eigenvalue weighted by Gasteiger charge is 2.22. The van der Waals surface area contributed by atoms with Crippen LogP contribution in [-0.4, -0.2) is 0 Å². The van der Waals surface area contributed by atoms with E-state index in [1.807, 2.05) is 59.1 Å². The fourth-order valence-corrected chi connectivity index (χ4v) is 2.33. The Labute approximate surface area is 114 Å². The molecule has 0 aliphatic heterocycles. The van der Waals surface area contributed by atoms with Gasteiger partial charge in [-0.3, -0.25) is 0 Å². The van der Waals surface area contributed by atoms with Crippen LogP contribution in [0.3, 0.4) is 0 Å². The third kappa shape index (κ3) is 2.67. The molecule has 0 bridgehead atoms. The molecule has 0 amide bonds. The summed E-state index contributed by atoms with van der Waals surface area (Å²) < 4.78 is 16.2. The molecular weight excluding hydrogens is 237 g/mol. The lowest BCUT2D eigenvalue weighted by Gasteiger charge is -2.21. The minimum absolute atomic E-state index is 0.118. The lowest BCUT2D eigenvalue weighted by Crippen LogP contribution is -2.30. The zero-order valence-corrected chi connectivity index (χ0v) is 12.3. The number of aryl methyl sites for hydroxylation is 2. The van der Waals surface area contributed by atoms with E-state index in [4.69, 9.17) is 0 Å². The summed E-state index contributed by atoms with van der Waals surface area (Å²) in [6.07, 6.45) is 2.01. The van der Waals surface area contributed by atoms with Crippen molar-refractivity contribution in [3.05, 3.63) is 53.5 Å². The van der Waals surface area contributed by atoms with Crippen LogP contribution in [0, 0.1) is 12.7 Å². The number of aromatic nitrogens is 1. The van der Waals surface area contributed by atoms with E-state index in [0.717, 1.165) is 22.4 Å². The van der Waals surface area contributed by atoms with E-state index in [9.17, 15) is 4.39 Å². The molecule has 1 aromatic heterocycles. The molecule has 2 aromatic rings. The Bertz CT molecular complexity index is 609. The van der Waals surface area contributed by atoms with Crippen LogP contribution in [-0.2, 0) is 12.5 Å². The molecule has 0 radical (unpaired) electrons. The minimum atomic E-state index is -0.195. The molecule has 0 aliphatic rings. The predicted octanol–water partition coefficient (Wildman–Crippen LogP) is 3.92. The van der Waals surface area contributed by atoms with Crippen molar-refractivity contribution in [2.24, 2.45) is 7.05 Å². The van der Waals surface area contributed by atoms with Gasteiger partial charge in [0.1, 0.15) is 12.9 Å². The lowest BCUT2D eigenvalue weighted by atomic mass is 9.84. The molecule has 0 aliphatic carbocycles. The van der Waals surface area contributed by atoms with Crippen LogP contribution in [0.4, 0.5) is 4.39 Å². The van der Waals surface area contributed by atoms with Crippen molar-refractivity contribution >= 4 is 0 Å². The van der Waals surface area contributed by atoms with E-state index >= 15 is 0 Å². The van der Waals surface area contributed by atoms with Crippen LogP contribution < -0.4 is 4.57 Å². The molecule has 100 valence electrons. The zero-order valence-electron chi connectivity index (χ0n) is 12.3. The van der Waals surface area contributed by atoms with Gasteiger partial charge >= 0.3 is 0 Å². The van der Waals surface area contributed by atoms with E-state index in [2.05, 4.69) is 10.6 Å². The number of pyridine rings is 1. The first-order valence-electron chi connectivity index (χ1n) is 6.56. The molecule has 1 nitrogen and oxygen atoms in total. The van der Waals surface area contributed by atoms with E-state index in [0.29, 0.717) is 0 Å². The van der Waals surface area contributed by atoms with Crippen LogP contribution in [0.15, 0.2) is 36.5 Å². The van der Waals surface area contributed by atoms with E-state index in [1.165, 1.54) is 0 Å². The summed E-state index contributed by atoms with van der Waals surface area (Å²) in [6, 6.07) is 9.69. The van der Waals surface area contributed by atoms with Gasteiger partial charge in [-0.25, -0.2) is 8.96 Å². The number of rotatable bonds is 1.